The van der Waals surface area contributed by atoms with Gasteiger partial charge < -0.3 is 10.6 Å². The lowest BCUT2D eigenvalue weighted by molar-refractivity contribution is -0.123. The minimum absolute atomic E-state index is 0.0235. The number of aliphatic imine (C=N–C) groups is 1. The monoisotopic (exact) mass is 414 g/mol. The fourth-order valence-electron chi connectivity index (χ4n) is 3.02. The second kappa shape index (κ2) is 10.9. The molecule has 2 aliphatic heterocycles. The first-order valence-electron chi connectivity index (χ1n) is 9.57. The number of nitrogens with zero attached hydrogens (tertiary/aromatic N) is 4. The number of amides is 2. The van der Waals surface area contributed by atoms with Crippen molar-refractivity contribution < 1.29 is 9.59 Å². The fourth-order valence-corrected chi connectivity index (χ4v) is 3.71. The predicted octanol–water partition coefficient (Wildman–Crippen LogP) is 0.952. The lowest BCUT2D eigenvalue weighted by Gasteiger charge is -2.34. The molecule has 0 radical (unpaired) electrons. The number of hydrogen-bond donors (Lipinski definition) is 2. The van der Waals surface area contributed by atoms with Gasteiger partial charge in [0.05, 0.1) is 18.8 Å². The Balaban J connectivity index is 1.39. The van der Waals surface area contributed by atoms with Gasteiger partial charge >= 0.3 is 0 Å². The number of pyridine rings is 1. The number of thioether (sulfide) groups is 1. The zero-order chi connectivity index (χ0) is 20.5. The van der Waals surface area contributed by atoms with Crippen LogP contribution in [0.4, 0.5) is 0 Å². The van der Waals surface area contributed by atoms with Gasteiger partial charge in [-0.25, -0.2) is 4.99 Å². The molecule has 29 heavy (non-hydrogen) atoms. The Kier molecular flexibility index (Phi) is 7.97. The van der Waals surface area contributed by atoms with Crippen molar-refractivity contribution in [2.24, 2.45) is 4.99 Å². The van der Waals surface area contributed by atoms with Crippen LogP contribution in [0.2, 0.25) is 0 Å². The summed E-state index contributed by atoms with van der Waals surface area (Å²) in [6, 6.07) is 5.67. The van der Waals surface area contributed by atoms with E-state index in [1.54, 1.807) is 12.4 Å². The van der Waals surface area contributed by atoms with Crippen molar-refractivity contribution in [2.75, 3.05) is 39.3 Å². The molecule has 3 rings (SSSR count). The van der Waals surface area contributed by atoms with Gasteiger partial charge in [0.1, 0.15) is 0 Å². The minimum atomic E-state index is -0.123. The van der Waals surface area contributed by atoms with Gasteiger partial charge in [0.2, 0.25) is 11.8 Å². The van der Waals surface area contributed by atoms with Crippen LogP contribution in [0, 0.1) is 0 Å². The first-order chi connectivity index (χ1) is 14.1. The molecule has 1 aromatic heterocycles. The molecule has 0 saturated carbocycles. The van der Waals surface area contributed by atoms with Crippen LogP contribution in [-0.2, 0) is 16.1 Å². The van der Waals surface area contributed by atoms with E-state index in [0.717, 1.165) is 44.0 Å². The number of aromatic nitrogens is 1. The third-order valence-corrected chi connectivity index (χ3v) is 5.23. The standard InChI is InChI=1S/C20H26N6O2S/c1-16(27)24-20-23-12-17(5-11-29-20)14-25-7-9-26(10-8-25)15-19(28)22-13-18-4-2-3-6-21-18/h2-6,11-12H,7-10,13-15H2,1H3,(H,22,28)(H,23,24,27). The van der Waals surface area contributed by atoms with Crippen molar-refractivity contribution in [2.45, 2.75) is 13.5 Å². The molecule has 0 aromatic carbocycles. The summed E-state index contributed by atoms with van der Waals surface area (Å²) in [4.78, 5) is 36.4. The Bertz CT molecular complexity index is 800. The predicted molar refractivity (Wildman–Crippen MR) is 115 cm³/mol. The van der Waals surface area contributed by atoms with Crippen molar-refractivity contribution >= 4 is 28.7 Å². The van der Waals surface area contributed by atoms with Gasteiger partial charge in [-0.3, -0.25) is 24.4 Å². The molecule has 0 unspecified atom stereocenters. The summed E-state index contributed by atoms with van der Waals surface area (Å²) in [5, 5.41) is 8.16. The highest BCUT2D eigenvalue weighted by Gasteiger charge is 2.19. The second-order valence-corrected chi connectivity index (χ2v) is 7.78. The van der Waals surface area contributed by atoms with E-state index < -0.39 is 0 Å². The zero-order valence-electron chi connectivity index (χ0n) is 16.5. The van der Waals surface area contributed by atoms with Crippen molar-refractivity contribution in [3.8, 4) is 0 Å². The molecule has 0 atom stereocenters. The Labute approximate surface area is 175 Å². The molecule has 0 bridgehead atoms. The average Bonchev–Trinajstić information content (AvgIpc) is 2.93. The van der Waals surface area contributed by atoms with Crippen LogP contribution in [0.1, 0.15) is 12.6 Å². The van der Waals surface area contributed by atoms with Gasteiger partial charge in [0, 0.05) is 52.0 Å². The molecule has 1 aromatic rings. The first kappa shape index (κ1) is 21.2. The Morgan fingerprint density at radius 2 is 1.97 bits per heavy atom. The Morgan fingerprint density at radius 3 is 2.69 bits per heavy atom. The lowest BCUT2D eigenvalue weighted by Crippen LogP contribution is -2.49. The van der Waals surface area contributed by atoms with E-state index in [0.29, 0.717) is 18.3 Å². The minimum Gasteiger partial charge on any atom is -0.349 e. The number of amidine groups is 1. The quantitative estimate of drug-likeness (QED) is 0.721. The molecule has 9 heteroatoms. The molecule has 154 valence electrons. The van der Waals surface area contributed by atoms with Crippen LogP contribution in [0.5, 0.6) is 0 Å². The van der Waals surface area contributed by atoms with Gasteiger partial charge in [-0.15, -0.1) is 0 Å². The van der Waals surface area contributed by atoms with Crippen LogP contribution in [0.25, 0.3) is 0 Å². The molecule has 2 amide bonds. The van der Waals surface area contributed by atoms with E-state index in [4.69, 9.17) is 0 Å². The molecule has 8 nitrogen and oxygen atoms in total. The maximum atomic E-state index is 12.2. The fraction of sp³-hybridized carbons (Fsp3) is 0.400. The summed E-state index contributed by atoms with van der Waals surface area (Å²) in [5.41, 5.74) is 1.96. The molecule has 0 spiro atoms. The molecule has 3 heterocycles. The third-order valence-electron chi connectivity index (χ3n) is 4.52. The van der Waals surface area contributed by atoms with Gasteiger partial charge in [0.25, 0.3) is 0 Å². The van der Waals surface area contributed by atoms with Crippen molar-refractivity contribution in [3.63, 3.8) is 0 Å². The van der Waals surface area contributed by atoms with Gasteiger partial charge in [-0.05, 0) is 29.2 Å². The molecular weight excluding hydrogens is 388 g/mol. The van der Waals surface area contributed by atoms with E-state index in [1.165, 1.54) is 18.7 Å². The van der Waals surface area contributed by atoms with E-state index in [-0.39, 0.29) is 11.8 Å². The summed E-state index contributed by atoms with van der Waals surface area (Å²) in [6.07, 6.45) is 5.56. The van der Waals surface area contributed by atoms with Crippen LogP contribution < -0.4 is 10.6 Å². The topological polar surface area (TPSA) is 89.9 Å². The van der Waals surface area contributed by atoms with Crippen LogP contribution in [0.3, 0.4) is 0 Å². The summed E-state index contributed by atoms with van der Waals surface area (Å²) in [5.74, 6) is -0.0999. The van der Waals surface area contributed by atoms with Crippen molar-refractivity contribution in [1.29, 1.82) is 0 Å². The maximum Gasteiger partial charge on any atom is 0.234 e. The van der Waals surface area contributed by atoms with Crippen molar-refractivity contribution in [1.82, 2.24) is 25.4 Å². The number of rotatable bonds is 6. The average molecular weight is 415 g/mol. The van der Waals surface area contributed by atoms with E-state index >= 15 is 0 Å². The van der Waals surface area contributed by atoms with E-state index in [2.05, 4.69) is 30.4 Å². The highest BCUT2D eigenvalue weighted by atomic mass is 32.2. The smallest absolute Gasteiger partial charge is 0.234 e. The Morgan fingerprint density at radius 1 is 1.17 bits per heavy atom. The summed E-state index contributed by atoms with van der Waals surface area (Å²) in [7, 11) is 0. The SMILES string of the molecule is CC(=O)NC1=NC=C(CN2CCN(CC(=O)NCc3ccccn3)CC2)C=CS1. The largest absolute Gasteiger partial charge is 0.349 e. The molecular formula is C20H26N6O2S. The lowest BCUT2D eigenvalue weighted by atomic mass is 10.2. The van der Waals surface area contributed by atoms with E-state index in [1.807, 2.05) is 29.7 Å². The Hall–Kier alpha value is -2.49. The highest BCUT2D eigenvalue weighted by molar-refractivity contribution is 8.16. The molecule has 0 aliphatic carbocycles. The van der Waals surface area contributed by atoms with Crippen LogP contribution in [-0.4, -0.2) is 71.0 Å². The third kappa shape index (κ3) is 7.45. The highest BCUT2D eigenvalue weighted by Crippen LogP contribution is 2.14. The van der Waals surface area contributed by atoms with Gasteiger partial charge in [0.15, 0.2) is 5.17 Å². The molecule has 1 saturated heterocycles. The summed E-state index contributed by atoms with van der Waals surface area (Å²) >= 11 is 1.40. The van der Waals surface area contributed by atoms with E-state index in [9.17, 15) is 9.59 Å². The van der Waals surface area contributed by atoms with Gasteiger partial charge in [-0.2, -0.15) is 0 Å². The number of piperazine rings is 1. The number of carbonyl (C=O) groups is 2. The second-order valence-electron chi connectivity index (χ2n) is 6.89. The zero-order valence-corrected chi connectivity index (χ0v) is 17.3. The van der Waals surface area contributed by atoms with Crippen LogP contribution in [0.15, 0.2) is 52.6 Å². The number of carbonyl (C=O) groups excluding carboxylic acids is 2. The number of nitrogens with one attached hydrogen (secondary N) is 2. The first-order valence-corrected chi connectivity index (χ1v) is 10.5. The molecule has 1 fully saturated rings. The van der Waals surface area contributed by atoms with Crippen LogP contribution >= 0.6 is 11.8 Å². The summed E-state index contributed by atoms with van der Waals surface area (Å²) in [6.45, 7) is 6.63. The maximum absolute atomic E-state index is 12.2. The van der Waals surface area contributed by atoms with Gasteiger partial charge in [-0.1, -0.05) is 17.8 Å². The number of hydrogen-bond acceptors (Lipinski definition) is 7. The van der Waals surface area contributed by atoms with Crippen molar-refractivity contribution in [3.05, 3.63) is 53.3 Å². The molecule has 2 N–H and O–H groups in total. The normalized spacial score (nSPS) is 17.8. The summed E-state index contributed by atoms with van der Waals surface area (Å²) < 4.78 is 0. The molecule has 2 aliphatic rings.